The lowest BCUT2D eigenvalue weighted by atomic mass is 9.70. The summed E-state index contributed by atoms with van der Waals surface area (Å²) in [6.45, 7) is 13.9. The van der Waals surface area contributed by atoms with Gasteiger partial charge in [0.15, 0.2) is 23.5 Å². The van der Waals surface area contributed by atoms with Crippen molar-refractivity contribution in [1.29, 1.82) is 0 Å². The van der Waals surface area contributed by atoms with E-state index in [2.05, 4.69) is 20.3 Å². The zero-order valence-electron chi connectivity index (χ0n) is 39.8. The minimum absolute atomic E-state index is 0.0672. The van der Waals surface area contributed by atoms with Gasteiger partial charge in [-0.15, -0.1) is 11.8 Å². The molecule has 7 unspecified atom stereocenters. The molecule has 0 aromatic carbocycles. The van der Waals surface area contributed by atoms with Crippen molar-refractivity contribution in [2.45, 2.75) is 134 Å². The lowest BCUT2D eigenvalue weighted by Gasteiger charge is -2.47. The molecule has 3 saturated heterocycles. The number of aliphatic hydroxyl groups is 1. The van der Waals surface area contributed by atoms with Gasteiger partial charge in [0.05, 0.1) is 50.9 Å². The number of carbonyl (C=O) groups excluding carboxylic acids is 5. The van der Waals surface area contributed by atoms with Crippen LogP contribution < -0.4 is 11.1 Å². The standard InChI is InChI=1S/C46H63Cl2N7O11S/c1-12-30-46(8)31(38(43(61)66-46)67-14-13-55-20-52-33-34(55)26(17-51-40(33)49)41(59)53-32-27(47)18-50-19-28(32)48)23(4)35(56)21(2)16-45(7,62-11)39(24(5)36(57)25(6)42(60)64-30)65-44-37(58)29(54(9)10)15-22(3)63-44/h17-25,29-31,37-39,44,58H,12-16H2,1-11H3,(H2,49,51)(H,50,53,59)/t21-,22?,23?,24+,25?,29?,30-,31?,37-,38?,39-,44+,45?,46-/m1/s1. The van der Waals surface area contributed by atoms with Crippen LogP contribution in [0, 0.1) is 29.6 Å². The third kappa shape index (κ3) is 10.3. The zero-order chi connectivity index (χ0) is 49.4. The number of aryl methyl sites for hydroxylation is 1. The van der Waals surface area contributed by atoms with Gasteiger partial charge in [-0.2, -0.15) is 0 Å². The molecule has 0 saturated carbocycles. The second-order valence-electron chi connectivity index (χ2n) is 18.7. The predicted octanol–water partition coefficient (Wildman–Crippen LogP) is 5.63. The van der Waals surface area contributed by atoms with E-state index >= 15 is 0 Å². The molecule has 21 heteroatoms. The molecular formula is C46H63Cl2N7O11S. The third-order valence-corrected chi connectivity index (χ3v) is 15.8. The second kappa shape index (κ2) is 21.0. The maximum atomic E-state index is 14.9. The fraction of sp³-hybridized carbons (Fsp3) is 0.652. The first kappa shape index (κ1) is 52.4. The lowest BCUT2D eigenvalue weighted by molar-refractivity contribution is -0.295. The van der Waals surface area contributed by atoms with E-state index in [4.69, 9.17) is 52.6 Å². The van der Waals surface area contributed by atoms with Crippen molar-refractivity contribution in [2.75, 3.05) is 38.0 Å². The van der Waals surface area contributed by atoms with Crippen LogP contribution in [0.1, 0.15) is 85.0 Å². The van der Waals surface area contributed by atoms with Gasteiger partial charge < -0.3 is 49.3 Å². The van der Waals surface area contributed by atoms with Gasteiger partial charge in [-0.3, -0.25) is 29.0 Å². The number of nitrogens with zero attached hydrogens (tertiary/aromatic N) is 5. The molecule has 0 aliphatic carbocycles. The molecule has 3 fully saturated rings. The van der Waals surface area contributed by atoms with Crippen LogP contribution in [0.4, 0.5) is 11.5 Å². The summed E-state index contributed by atoms with van der Waals surface area (Å²) in [5, 5.41) is 13.6. The SMILES string of the molecule is CC[C@H]1OC(=O)C(C)C(=O)[C@H](C)[C@@H](O[C@@H]2OC(C)CC(N(C)C)[C@H]2O)C(C)(OC)C[C@@H](C)C(=O)C(C)C2C(SCCn3cnc4c(N)ncc(C(=O)Nc5c(Cl)cncc5Cl)c43)C(=O)O[C@@]21C. The predicted molar refractivity (Wildman–Crippen MR) is 253 cm³/mol. The molecule has 3 aromatic rings. The van der Waals surface area contributed by atoms with Crippen LogP contribution in [0.3, 0.4) is 0 Å². The number of pyridine rings is 2. The summed E-state index contributed by atoms with van der Waals surface area (Å²) in [4.78, 5) is 85.8. The highest BCUT2D eigenvalue weighted by molar-refractivity contribution is 8.00. The summed E-state index contributed by atoms with van der Waals surface area (Å²) in [6, 6.07) is -0.317. The van der Waals surface area contributed by atoms with Crippen LogP contribution in [0.25, 0.3) is 11.0 Å². The Bertz CT molecular complexity index is 2340. The molecule has 3 aliphatic heterocycles. The largest absolute Gasteiger partial charge is 0.458 e. The van der Waals surface area contributed by atoms with Crippen molar-refractivity contribution in [3.63, 3.8) is 0 Å². The van der Waals surface area contributed by atoms with Crippen LogP contribution in [0.5, 0.6) is 0 Å². The summed E-state index contributed by atoms with van der Waals surface area (Å²) >= 11 is 13.8. The Kier molecular flexibility index (Phi) is 16.4. The first-order chi connectivity index (χ1) is 31.5. The molecule has 4 N–H and O–H groups in total. The number of amides is 1. The fourth-order valence-electron chi connectivity index (χ4n) is 10.2. The molecule has 0 spiro atoms. The molecule has 6 rings (SSSR count). The Labute approximate surface area is 405 Å². The van der Waals surface area contributed by atoms with E-state index in [9.17, 15) is 29.1 Å². The molecule has 3 aliphatic rings. The number of cyclic esters (lactones) is 1. The van der Waals surface area contributed by atoms with Gasteiger partial charge in [-0.05, 0) is 61.1 Å². The van der Waals surface area contributed by atoms with Gasteiger partial charge >= 0.3 is 11.9 Å². The molecule has 14 atom stereocenters. The number of hydrogen-bond donors (Lipinski definition) is 3. The fourth-order valence-corrected chi connectivity index (χ4v) is 12.1. The average Bonchev–Trinajstić information content (AvgIpc) is 3.82. The maximum absolute atomic E-state index is 14.9. The summed E-state index contributed by atoms with van der Waals surface area (Å²) < 4.78 is 33.1. The van der Waals surface area contributed by atoms with Crippen LogP contribution in [-0.4, -0.2) is 139 Å². The lowest BCUT2D eigenvalue weighted by Crippen LogP contribution is -2.59. The van der Waals surface area contributed by atoms with Crippen molar-refractivity contribution in [3.8, 4) is 0 Å². The van der Waals surface area contributed by atoms with Gasteiger partial charge in [0.2, 0.25) is 0 Å². The van der Waals surface area contributed by atoms with Crippen molar-refractivity contribution >= 4 is 86.9 Å². The van der Waals surface area contributed by atoms with Gasteiger partial charge in [-0.1, -0.05) is 50.9 Å². The molecule has 3 aromatic heterocycles. The van der Waals surface area contributed by atoms with Gasteiger partial charge in [0.25, 0.3) is 5.91 Å². The topological polar surface area (TPSA) is 237 Å². The highest BCUT2D eigenvalue weighted by Gasteiger charge is 2.61. The molecule has 0 bridgehead atoms. The Morgan fingerprint density at radius 3 is 2.33 bits per heavy atom. The molecule has 1 amide bonds. The second-order valence-corrected chi connectivity index (χ2v) is 20.8. The number of Topliss-reactive ketones (excluding diaryl/α,β-unsaturated/α-hetero) is 2. The maximum Gasteiger partial charge on any atom is 0.320 e. The number of ketones is 2. The number of aliphatic hydroxyl groups excluding tert-OH is 1. The van der Waals surface area contributed by atoms with E-state index in [1.54, 1.807) is 46.1 Å². The number of hydrogen-bond acceptors (Lipinski definition) is 17. The number of nitrogens with two attached hydrogens (primary N) is 1. The molecule has 0 radical (unpaired) electrons. The number of rotatable bonds is 11. The van der Waals surface area contributed by atoms with Crippen molar-refractivity contribution in [2.24, 2.45) is 29.6 Å². The number of carbonyl (C=O) groups is 5. The Balaban J connectivity index is 1.32. The number of nitrogens with one attached hydrogen (secondary N) is 1. The molecule has 18 nitrogen and oxygen atoms in total. The highest BCUT2D eigenvalue weighted by atomic mass is 35.5. The van der Waals surface area contributed by atoms with Gasteiger partial charge in [-0.25, -0.2) is 9.97 Å². The third-order valence-electron chi connectivity index (χ3n) is 13.9. The number of fused-ring (bicyclic) bond motifs is 2. The zero-order valence-corrected chi connectivity index (χ0v) is 42.1. The number of likely N-dealkylation sites (N-methyl/N-ethyl adjacent to an activating group) is 1. The Hall–Kier alpha value is -3.95. The summed E-state index contributed by atoms with van der Waals surface area (Å²) in [7, 11) is 5.17. The van der Waals surface area contributed by atoms with E-state index in [1.807, 2.05) is 25.9 Å². The van der Waals surface area contributed by atoms with Crippen LogP contribution in [0.2, 0.25) is 10.0 Å². The van der Waals surface area contributed by atoms with Crippen LogP contribution >= 0.6 is 35.0 Å². The number of anilines is 2. The summed E-state index contributed by atoms with van der Waals surface area (Å²) in [5.74, 6) is -7.02. The number of thioether (sulfide) groups is 1. The van der Waals surface area contributed by atoms with E-state index < -0.39 is 94.3 Å². The van der Waals surface area contributed by atoms with Crippen LogP contribution in [0.15, 0.2) is 24.9 Å². The molecule has 6 heterocycles. The van der Waals surface area contributed by atoms with Crippen molar-refractivity contribution in [1.82, 2.24) is 24.4 Å². The Morgan fingerprint density at radius 1 is 1.03 bits per heavy atom. The normalized spacial score (nSPS) is 34.4. The molecule has 67 heavy (non-hydrogen) atoms. The number of halogens is 2. The van der Waals surface area contributed by atoms with Crippen molar-refractivity contribution in [3.05, 3.63) is 40.5 Å². The van der Waals surface area contributed by atoms with Crippen LogP contribution in [-0.2, 0) is 49.4 Å². The van der Waals surface area contributed by atoms with E-state index in [0.717, 1.165) is 0 Å². The first-order valence-electron chi connectivity index (χ1n) is 22.5. The van der Waals surface area contributed by atoms with E-state index in [-0.39, 0.29) is 75.7 Å². The van der Waals surface area contributed by atoms with Gasteiger partial charge in [0, 0.05) is 67.7 Å². The molecule has 368 valence electrons. The number of ether oxygens (including phenoxy) is 5. The number of nitrogen functional groups attached to an aromatic ring is 1. The number of esters is 2. The smallest absolute Gasteiger partial charge is 0.320 e. The average molecular weight is 993 g/mol. The molecular weight excluding hydrogens is 930 g/mol. The number of methoxy groups -OCH3 is 1. The summed E-state index contributed by atoms with van der Waals surface area (Å²) in [5.41, 5.74) is 4.32. The highest BCUT2D eigenvalue weighted by Crippen LogP contribution is 2.49. The quantitative estimate of drug-likeness (QED) is 0.156. The van der Waals surface area contributed by atoms with E-state index in [0.29, 0.717) is 11.9 Å². The minimum Gasteiger partial charge on any atom is -0.458 e. The monoisotopic (exact) mass is 991 g/mol. The first-order valence-corrected chi connectivity index (χ1v) is 24.3. The minimum atomic E-state index is -1.49. The number of aromatic nitrogens is 4. The summed E-state index contributed by atoms with van der Waals surface area (Å²) in [6.07, 6.45) is 1.64. The van der Waals surface area contributed by atoms with Crippen molar-refractivity contribution < 1.29 is 52.8 Å². The number of imidazole rings is 1. The van der Waals surface area contributed by atoms with Gasteiger partial charge in [0.1, 0.15) is 34.7 Å². The van der Waals surface area contributed by atoms with E-state index in [1.165, 1.54) is 50.7 Å². The Morgan fingerprint density at radius 2 is 1.70 bits per heavy atom.